The van der Waals surface area contributed by atoms with Gasteiger partial charge in [0, 0.05) is 35.3 Å². The Balaban J connectivity index is 1.51. The molecule has 3 aromatic carbocycles. The van der Waals surface area contributed by atoms with E-state index >= 15 is 0 Å². The van der Waals surface area contributed by atoms with Crippen LogP contribution in [-0.2, 0) is 0 Å². The summed E-state index contributed by atoms with van der Waals surface area (Å²) in [4.78, 5) is 28.6. The van der Waals surface area contributed by atoms with Crippen molar-refractivity contribution in [1.82, 2.24) is 4.57 Å². The standard InChI is InChI=1S/C24H18N2O3/c27-22-13-10-17-5-1-2-6-20(17)21(22)15-25-16-23(28)18-8-11-19(12-9-18)26-14-4-3-7-24(26)29/h1-15,27H,16H2. The molecule has 0 saturated carbocycles. The van der Waals surface area contributed by atoms with Crippen LogP contribution in [0.1, 0.15) is 15.9 Å². The smallest absolute Gasteiger partial charge is 0.255 e. The maximum atomic E-state index is 12.5. The number of Topliss-reactive ketones (excluding diaryl/α,β-unsaturated/α-hetero) is 1. The van der Waals surface area contributed by atoms with Crippen LogP contribution in [0, 0.1) is 0 Å². The molecule has 0 aliphatic heterocycles. The van der Waals surface area contributed by atoms with Gasteiger partial charge in [-0.3, -0.25) is 19.1 Å². The van der Waals surface area contributed by atoms with E-state index in [4.69, 9.17) is 0 Å². The van der Waals surface area contributed by atoms with Gasteiger partial charge in [0.05, 0.1) is 0 Å². The minimum absolute atomic E-state index is 0.0344. The van der Waals surface area contributed by atoms with Gasteiger partial charge in [-0.15, -0.1) is 0 Å². The minimum atomic E-state index is -0.145. The van der Waals surface area contributed by atoms with Gasteiger partial charge in [0.2, 0.25) is 0 Å². The Morgan fingerprint density at radius 3 is 2.48 bits per heavy atom. The van der Waals surface area contributed by atoms with E-state index < -0.39 is 0 Å². The normalized spacial score (nSPS) is 11.2. The van der Waals surface area contributed by atoms with Gasteiger partial charge in [-0.05, 0) is 47.2 Å². The summed E-state index contributed by atoms with van der Waals surface area (Å²) in [6.07, 6.45) is 3.22. The molecule has 1 aromatic heterocycles. The first kappa shape index (κ1) is 18.4. The topological polar surface area (TPSA) is 71.7 Å². The Kier molecular flexibility index (Phi) is 5.03. The lowest BCUT2D eigenvalue weighted by atomic mass is 10.0. The molecule has 0 atom stereocenters. The highest BCUT2D eigenvalue weighted by atomic mass is 16.3. The van der Waals surface area contributed by atoms with E-state index in [1.807, 2.05) is 30.3 Å². The third-order valence-electron chi connectivity index (χ3n) is 4.69. The van der Waals surface area contributed by atoms with Gasteiger partial charge >= 0.3 is 0 Å². The molecule has 1 N–H and O–H groups in total. The van der Waals surface area contributed by atoms with E-state index in [9.17, 15) is 14.7 Å². The number of nitrogens with zero attached hydrogens (tertiary/aromatic N) is 2. The van der Waals surface area contributed by atoms with Gasteiger partial charge in [0.15, 0.2) is 5.78 Å². The van der Waals surface area contributed by atoms with Crippen molar-refractivity contribution in [1.29, 1.82) is 0 Å². The Labute approximate surface area is 167 Å². The fraction of sp³-hybridized carbons (Fsp3) is 0.0417. The Bertz CT molecular complexity index is 1270. The molecular formula is C24H18N2O3. The summed E-state index contributed by atoms with van der Waals surface area (Å²) >= 11 is 0. The lowest BCUT2D eigenvalue weighted by Gasteiger charge is -2.06. The summed E-state index contributed by atoms with van der Waals surface area (Å²) in [7, 11) is 0. The van der Waals surface area contributed by atoms with Crippen molar-refractivity contribution in [2.45, 2.75) is 0 Å². The number of carbonyl (C=O) groups is 1. The molecule has 142 valence electrons. The number of rotatable bonds is 5. The monoisotopic (exact) mass is 382 g/mol. The zero-order chi connectivity index (χ0) is 20.2. The summed E-state index contributed by atoms with van der Waals surface area (Å²) in [6, 6.07) is 22.9. The van der Waals surface area contributed by atoms with Crippen molar-refractivity contribution in [2.24, 2.45) is 4.99 Å². The molecule has 0 spiro atoms. The second-order valence-electron chi connectivity index (χ2n) is 6.57. The molecule has 0 aliphatic carbocycles. The SMILES string of the molecule is O=C(CN=Cc1c(O)ccc2ccccc12)c1ccc(-n2ccccc2=O)cc1. The van der Waals surface area contributed by atoms with E-state index in [2.05, 4.69) is 4.99 Å². The van der Waals surface area contributed by atoms with Crippen molar-refractivity contribution in [3.05, 3.63) is 107 Å². The van der Waals surface area contributed by atoms with Crippen LogP contribution in [0.25, 0.3) is 16.5 Å². The van der Waals surface area contributed by atoms with Crippen molar-refractivity contribution < 1.29 is 9.90 Å². The van der Waals surface area contributed by atoms with Crippen molar-refractivity contribution >= 4 is 22.8 Å². The van der Waals surface area contributed by atoms with Gasteiger partial charge in [-0.25, -0.2) is 0 Å². The first-order valence-electron chi connectivity index (χ1n) is 9.15. The molecular weight excluding hydrogens is 364 g/mol. The number of aliphatic imine (C=N–C) groups is 1. The third kappa shape index (κ3) is 3.84. The number of aromatic hydroxyl groups is 1. The van der Waals surface area contributed by atoms with Crippen LogP contribution in [0.2, 0.25) is 0 Å². The molecule has 5 heteroatoms. The summed E-state index contributed by atoms with van der Waals surface area (Å²) in [6.45, 7) is -0.0344. The van der Waals surface area contributed by atoms with Crippen LogP contribution in [0.5, 0.6) is 5.75 Å². The van der Waals surface area contributed by atoms with Crippen LogP contribution in [0.4, 0.5) is 0 Å². The second-order valence-corrected chi connectivity index (χ2v) is 6.57. The van der Waals surface area contributed by atoms with Gasteiger partial charge in [-0.2, -0.15) is 0 Å². The minimum Gasteiger partial charge on any atom is -0.507 e. The summed E-state index contributed by atoms with van der Waals surface area (Å²) in [5, 5.41) is 12.0. The van der Waals surface area contributed by atoms with E-state index in [1.54, 1.807) is 48.7 Å². The average Bonchev–Trinajstić information content (AvgIpc) is 2.75. The highest BCUT2D eigenvalue weighted by Crippen LogP contribution is 2.25. The molecule has 0 fully saturated rings. The fourth-order valence-corrected chi connectivity index (χ4v) is 3.18. The maximum Gasteiger partial charge on any atom is 0.255 e. The van der Waals surface area contributed by atoms with Crippen molar-refractivity contribution in [3.8, 4) is 11.4 Å². The highest BCUT2D eigenvalue weighted by molar-refractivity contribution is 6.04. The number of phenolic OH excluding ortho intramolecular Hbond substituents is 1. The summed E-state index contributed by atoms with van der Waals surface area (Å²) < 4.78 is 1.51. The first-order chi connectivity index (χ1) is 14.1. The number of hydrogen-bond donors (Lipinski definition) is 1. The number of hydrogen-bond acceptors (Lipinski definition) is 4. The van der Waals surface area contributed by atoms with Crippen LogP contribution in [-0.4, -0.2) is 28.2 Å². The van der Waals surface area contributed by atoms with Crippen molar-refractivity contribution in [2.75, 3.05) is 6.54 Å². The molecule has 0 saturated heterocycles. The average molecular weight is 382 g/mol. The predicted molar refractivity (Wildman–Crippen MR) is 114 cm³/mol. The lowest BCUT2D eigenvalue weighted by Crippen LogP contribution is -2.15. The summed E-state index contributed by atoms with van der Waals surface area (Å²) in [5.41, 5.74) is 1.66. The Morgan fingerprint density at radius 1 is 0.931 bits per heavy atom. The highest BCUT2D eigenvalue weighted by Gasteiger charge is 2.07. The number of fused-ring (bicyclic) bond motifs is 1. The van der Waals surface area contributed by atoms with Gasteiger partial charge in [0.25, 0.3) is 5.56 Å². The molecule has 0 radical (unpaired) electrons. The Hall–Kier alpha value is -3.99. The van der Waals surface area contributed by atoms with Crippen LogP contribution < -0.4 is 5.56 Å². The quantitative estimate of drug-likeness (QED) is 0.419. The predicted octanol–water partition coefficient (Wildman–Crippen LogP) is 4.00. The third-order valence-corrected chi connectivity index (χ3v) is 4.69. The number of carbonyl (C=O) groups excluding carboxylic acids is 1. The maximum absolute atomic E-state index is 12.5. The molecule has 1 heterocycles. The van der Waals surface area contributed by atoms with E-state index in [0.717, 1.165) is 10.8 Å². The van der Waals surface area contributed by atoms with E-state index in [1.165, 1.54) is 16.8 Å². The second kappa shape index (κ2) is 7.94. The van der Waals surface area contributed by atoms with Crippen LogP contribution >= 0.6 is 0 Å². The number of phenols is 1. The van der Waals surface area contributed by atoms with E-state index in [-0.39, 0.29) is 23.6 Å². The molecule has 4 rings (SSSR count). The largest absolute Gasteiger partial charge is 0.507 e. The van der Waals surface area contributed by atoms with Crippen molar-refractivity contribution in [3.63, 3.8) is 0 Å². The first-order valence-corrected chi connectivity index (χ1v) is 9.15. The summed E-state index contributed by atoms with van der Waals surface area (Å²) in [5.74, 6) is -0.0227. The number of aromatic nitrogens is 1. The molecule has 0 bridgehead atoms. The number of pyridine rings is 1. The van der Waals surface area contributed by atoms with Gasteiger partial charge < -0.3 is 5.11 Å². The van der Waals surface area contributed by atoms with Crippen LogP contribution in [0.3, 0.4) is 0 Å². The Morgan fingerprint density at radius 2 is 1.69 bits per heavy atom. The fourth-order valence-electron chi connectivity index (χ4n) is 3.18. The molecule has 29 heavy (non-hydrogen) atoms. The lowest BCUT2D eigenvalue weighted by molar-refractivity contribution is 0.100. The zero-order valence-corrected chi connectivity index (χ0v) is 15.5. The van der Waals surface area contributed by atoms with Crippen LogP contribution in [0.15, 0.2) is 94.8 Å². The van der Waals surface area contributed by atoms with Gasteiger partial charge in [0.1, 0.15) is 12.3 Å². The van der Waals surface area contributed by atoms with Gasteiger partial charge in [-0.1, -0.05) is 36.4 Å². The zero-order valence-electron chi connectivity index (χ0n) is 15.5. The number of benzene rings is 3. The molecule has 0 unspecified atom stereocenters. The molecule has 4 aromatic rings. The molecule has 0 amide bonds. The molecule has 5 nitrogen and oxygen atoms in total. The number of ketones is 1. The van der Waals surface area contributed by atoms with E-state index in [0.29, 0.717) is 16.8 Å². The molecule has 0 aliphatic rings.